The molecule has 6 nitrogen and oxygen atoms in total. The normalized spacial score (nSPS) is 11.7. The summed E-state index contributed by atoms with van der Waals surface area (Å²) in [6.07, 6.45) is -3.03. The molecule has 0 fully saturated rings. The lowest BCUT2D eigenvalue weighted by molar-refractivity contribution is -0.137. The third-order valence-electron chi connectivity index (χ3n) is 4.73. The highest BCUT2D eigenvalue weighted by atomic mass is 19.4. The zero-order valence-corrected chi connectivity index (χ0v) is 16.9. The number of carbonyl (C=O) groups excluding carboxylic acids is 1. The number of aromatic nitrogens is 4. The average molecular weight is 425 g/mol. The van der Waals surface area contributed by atoms with E-state index >= 15 is 0 Å². The first-order chi connectivity index (χ1) is 14.6. The summed E-state index contributed by atoms with van der Waals surface area (Å²) >= 11 is 0. The van der Waals surface area contributed by atoms with E-state index in [1.807, 2.05) is 13.8 Å². The van der Waals surface area contributed by atoms with Crippen LogP contribution < -0.4 is 5.32 Å². The Bertz CT molecular complexity index is 1290. The average Bonchev–Trinajstić information content (AvgIpc) is 3.01. The van der Waals surface area contributed by atoms with Gasteiger partial charge < -0.3 is 5.32 Å². The van der Waals surface area contributed by atoms with Crippen LogP contribution in [0.4, 0.5) is 18.9 Å². The molecule has 4 aromatic rings. The van der Waals surface area contributed by atoms with Crippen molar-refractivity contribution in [3.05, 3.63) is 76.9 Å². The predicted molar refractivity (Wildman–Crippen MR) is 110 cm³/mol. The molecule has 0 aliphatic heterocycles. The standard InChI is InChI=1S/C22H18F3N5O/c1-12-10-15(11-13(2)26-12)27-21(31)19-14(3)29-30-9-8-18(28-20(19)30)16-6-4-5-7-17(16)22(23,24)25/h4-11H,1-3H3,(H,26,27,31). The fourth-order valence-electron chi connectivity index (χ4n) is 3.51. The summed E-state index contributed by atoms with van der Waals surface area (Å²) in [6.45, 7) is 5.28. The van der Waals surface area contributed by atoms with Crippen molar-refractivity contribution >= 4 is 17.2 Å². The van der Waals surface area contributed by atoms with Gasteiger partial charge in [0.2, 0.25) is 0 Å². The first-order valence-corrected chi connectivity index (χ1v) is 9.42. The molecule has 4 rings (SSSR count). The number of nitrogens with one attached hydrogen (secondary N) is 1. The van der Waals surface area contributed by atoms with Crippen LogP contribution in [-0.2, 0) is 6.18 Å². The molecule has 1 aromatic carbocycles. The lowest BCUT2D eigenvalue weighted by Gasteiger charge is -2.12. The highest BCUT2D eigenvalue weighted by molar-refractivity contribution is 6.09. The molecule has 1 amide bonds. The molecule has 158 valence electrons. The molecule has 31 heavy (non-hydrogen) atoms. The zero-order valence-electron chi connectivity index (χ0n) is 16.9. The van der Waals surface area contributed by atoms with Gasteiger partial charge in [-0.15, -0.1) is 0 Å². The topological polar surface area (TPSA) is 72.2 Å². The number of anilines is 1. The van der Waals surface area contributed by atoms with Crippen molar-refractivity contribution in [2.45, 2.75) is 26.9 Å². The molecule has 0 aliphatic carbocycles. The summed E-state index contributed by atoms with van der Waals surface area (Å²) in [5.74, 6) is -0.453. The molecule has 0 atom stereocenters. The van der Waals surface area contributed by atoms with E-state index in [0.717, 1.165) is 17.5 Å². The number of fused-ring (bicyclic) bond motifs is 1. The van der Waals surface area contributed by atoms with Gasteiger partial charge in [-0.3, -0.25) is 9.78 Å². The zero-order chi connectivity index (χ0) is 22.3. The van der Waals surface area contributed by atoms with Crippen molar-refractivity contribution in [1.82, 2.24) is 19.6 Å². The number of amides is 1. The van der Waals surface area contributed by atoms with Crippen LogP contribution in [0.3, 0.4) is 0 Å². The molecular weight excluding hydrogens is 407 g/mol. The number of hydrogen-bond donors (Lipinski definition) is 1. The van der Waals surface area contributed by atoms with Crippen LogP contribution in [0.25, 0.3) is 16.9 Å². The van der Waals surface area contributed by atoms with Crippen molar-refractivity contribution in [2.24, 2.45) is 0 Å². The Morgan fingerprint density at radius 1 is 1.00 bits per heavy atom. The summed E-state index contributed by atoms with van der Waals surface area (Å²) in [5.41, 5.74) is 2.07. The Kier molecular flexibility index (Phi) is 4.96. The fraction of sp³-hybridized carbons (Fsp3) is 0.182. The van der Waals surface area contributed by atoms with Gasteiger partial charge in [-0.2, -0.15) is 18.3 Å². The van der Waals surface area contributed by atoms with Crippen LogP contribution in [0.1, 0.15) is 33.0 Å². The van der Waals surface area contributed by atoms with E-state index in [4.69, 9.17) is 0 Å². The van der Waals surface area contributed by atoms with Crippen LogP contribution in [0.2, 0.25) is 0 Å². The monoisotopic (exact) mass is 425 g/mol. The van der Waals surface area contributed by atoms with Gasteiger partial charge in [0.1, 0.15) is 5.56 Å². The number of carbonyl (C=O) groups is 1. The Morgan fingerprint density at radius 3 is 2.35 bits per heavy atom. The largest absolute Gasteiger partial charge is 0.417 e. The van der Waals surface area contributed by atoms with Crippen LogP contribution >= 0.6 is 0 Å². The van der Waals surface area contributed by atoms with Crippen molar-refractivity contribution in [3.63, 3.8) is 0 Å². The summed E-state index contributed by atoms with van der Waals surface area (Å²) in [7, 11) is 0. The van der Waals surface area contributed by atoms with Crippen LogP contribution in [0.5, 0.6) is 0 Å². The van der Waals surface area contributed by atoms with E-state index in [1.165, 1.54) is 35.0 Å². The molecule has 0 radical (unpaired) electrons. The number of aryl methyl sites for hydroxylation is 3. The Balaban J connectivity index is 1.80. The van der Waals surface area contributed by atoms with E-state index < -0.39 is 17.6 Å². The minimum Gasteiger partial charge on any atom is -0.322 e. The number of nitrogens with zero attached hydrogens (tertiary/aromatic N) is 4. The molecule has 1 N–H and O–H groups in total. The van der Waals surface area contributed by atoms with E-state index in [-0.39, 0.29) is 22.5 Å². The maximum absolute atomic E-state index is 13.5. The molecule has 0 saturated carbocycles. The van der Waals surface area contributed by atoms with Crippen molar-refractivity contribution in [3.8, 4) is 11.3 Å². The number of benzene rings is 1. The van der Waals surface area contributed by atoms with Gasteiger partial charge in [0.05, 0.1) is 17.0 Å². The maximum Gasteiger partial charge on any atom is 0.417 e. The highest BCUT2D eigenvalue weighted by Gasteiger charge is 2.33. The quantitative estimate of drug-likeness (QED) is 0.502. The molecule has 9 heteroatoms. The number of rotatable bonds is 3. The van der Waals surface area contributed by atoms with Gasteiger partial charge in [-0.1, -0.05) is 18.2 Å². The highest BCUT2D eigenvalue weighted by Crippen LogP contribution is 2.36. The van der Waals surface area contributed by atoms with Crippen LogP contribution in [0.15, 0.2) is 48.7 Å². The van der Waals surface area contributed by atoms with E-state index in [1.54, 1.807) is 19.1 Å². The number of halogens is 3. The number of alkyl halides is 3. The Labute approximate surface area is 175 Å². The summed E-state index contributed by atoms with van der Waals surface area (Å²) in [6, 6.07) is 10.1. The summed E-state index contributed by atoms with van der Waals surface area (Å²) in [5, 5.41) is 7.08. The second-order valence-electron chi connectivity index (χ2n) is 7.18. The summed E-state index contributed by atoms with van der Waals surface area (Å²) in [4.78, 5) is 21.6. The molecule has 0 aliphatic rings. The molecule has 0 bridgehead atoms. The van der Waals surface area contributed by atoms with E-state index in [2.05, 4.69) is 20.4 Å². The number of hydrogen-bond acceptors (Lipinski definition) is 4. The van der Waals surface area contributed by atoms with E-state index in [0.29, 0.717) is 11.4 Å². The molecule has 0 unspecified atom stereocenters. The van der Waals surface area contributed by atoms with Gasteiger partial charge in [0.15, 0.2) is 5.65 Å². The lowest BCUT2D eigenvalue weighted by atomic mass is 10.0. The van der Waals surface area contributed by atoms with Crippen molar-refractivity contribution < 1.29 is 18.0 Å². The fourth-order valence-corrected chi connectivity index (χ4v) is 3.51. The first kappa shape index (κ1) is 20.5. The van der Waals surface area contributed by atoms with Crippen molar-refractivity contribution in [2.75, 3.05) is 5.32 Å². The second kappa shape index (κ2) is 7.50. The minimum absolute atomic E-state index is 0.0666. The molecule has 3 aromatic heterocycles. The third kappa shape index (κ3) is 3.98. The first-order valence-electron chi connectivity index (χ1n) is 9.42. The van der Waals surface area contributed by atoms with Crippen LogP contribution in [0, 0.1) is 20.8 Å². The molecule has 3 heterocycles. The molecular formula is C22H18F3N5O. The Hall–Kier alpha value is -3.75. The van der Waals surface area contributed by atoms with E-state index in [9.17, 15) is 18.0 Å². The van der Waals surface area contributed by atoms with Gasteiger partial charge in [0, 0.05) is 28.8 Å². The Morgan fingerprint density at radius 2 is 1.68 bits per heavy atom. The third-order valence-corrected chi connectivity index (χ3v) is 4.73. The summed E-state index contributed by atoms with van der Waals surface area (Å²) < 4.78 is 41.7. The van der Waals surface area contributed by atoms with Crippen molar-refractivity contribution in [1.29, 1.82) is 0 Å². The SMILES string of the molecule is Cc1cc(NC(=O)c2c(C)nn3ccc(-c4ccccc4C(F)(F)F)nc23)cc(C)n1. The maximum atomic E-state index is 13.5. The molecule has 0 spiro atoms. The minimum atomic E-state index is -4.53. The lowest BCUT2D eigenvalue weighted by Crippen LogP contribution is -2.14. The predicted octanol–water partition coefficient (Wildman–Crippen LogP) is 4.99. The number of pyridine rings is 1. The van der Waals surface area contributed by atoms with Gasteiger partial charge in [-0.05, 0) is 45.0 Å². The van der Waals surface area contributed by atoms with Crippen LogP contribution in [-0.4, -0.2) is 25.5 Å². The molecule has 0 saturated heterocycles. The second-order valence-corrected chi connectivity index (χ2v) is 7.18. The van der Waals surface area contributed by atoms with Gasteiger partial charge in [-0.25, -0.2) is 9.50 Å². The smallest absolute Gasteiger partial charge is 0.322 e. The van der Waals surface area contributed by atoms with Gasteiger partial charge in [0.25, 0.3) is 5.91 Å². The van der Waals surface area contributed by atoms with Gasteiger partial charge >= 0.3 is 6.18 Å².